The smallest absolute Gasteiger partial charge is 0.150 e. The van der Waals surface area contributed by atoms with E-state index in [4.69, 9.17) is 11.6 Å². The quantitative estimate of drug-likeness (QED) is 0.726. The molecule has 3 rings (SSSR count). The molecule has 21 heavy (non-hydrogen) atoms. The van der Waals surface area contributed by atoms with E-state index in [0.717, 1.165) is 30.0 Å². The van der Waals surface area contributed by atoms with E-state index in [0.29, 0.717) is 11.6 Å². The lowest BCUT2D eigenvalue weighted by atomic mass is 10.3. The fourth-order valence-corrected chi connectivity index (χ4v) is 2.13. The molecule has 0 bridgehead atoms. The van der Waals surface area contributed by atoms with Gasteiger partial charge in [-0.1, -0.05) is 23.7 Å². The molecule has 108 valence electrons. The maximum Gasteiger partial charge on any atom is 0.150 e. The first-order valence-corrected chi connectivity index (χ1v) is 7.18. The zero-order valence-corrected chi connectivity index (χ0v) is 12.4. The molecule has 2 heterocycles. The fourth-order valence-electron chi connectivity index (χ4n) is 2.00. The number of aromatic nitrogens is 6. The molecule has 0 radical (unpaired) electrons. The van der Waals surface area contributed by atoms with Crippen LogP contribution in [0.4, 0.5) is 0 Å². The standard InChI is InChI=1S/C14H15ClN6/c1-2-3-14-16-10-20(18-14)8-12-9-21(19-17-12)13-6-4-11(15)5-7-13/h4-7,9-10H,2-3,8H2,1H3. The summed E-state index contributed by atoms with van der Waals surface area (Å²) in [4.78, 5) is 4.26. The van der Waals surface area contributed by atoms with E-state index in [1.54, 1.807) is 15.7 Å². The number of hydrogen-bond acceptors (Lipinski definition) is 4. The van der Waals surface area contributed by atoms with Crippen LogP contribution in [0.15, 0.2) is 36.8 Å². The third-order valence-corrected chi connectivity index (χ3v) is 3.27. The van der Waals surface area contributed by atoms with Crippen molar-refractivity contribution < 1.29 is 0 Å². The molecule has 0 aliphatic rings. The highest BCUT2D eigenvalue weighted by Gasteiger charge is 2.06. The molecule has 3 aromatic rings. The first-order valence-electron chi connectivity index (χ1n) is 6.80. The average Bonchev–Trinajstić information content (AvgIpc) is 3.11. The molecule has 0 amide bonds. The molecule has 0 aliphatic heterocycles. The average molecular weight is 303 g/mol. The summed E-state index contributed by atoms with van der Waals surface area (Å²) in [7, 11) is 0. The molecule has 0 spiro atoms. The van der Waals surface area contributed by atoms with Crippen molar-refractivity contribution in [1.82, 2.24) is 29.8 Å². The summed E-state index contributed by atoms with van der Waals surface area (Å²) >= 11 is 5.88. The Kier molecular flexibility index (Phi) is 3.96. The Labute approximate surface area is 127 Å². The number of hydrogen-bond donors (Lipinski definition) is 0. The molecule has 1 aromatic carbocycles. The van der Waals surface area contributed by atoms with Crippen molar-refractivity contribution in [3.05, 3.63) is 53.3 Å². The molecule has 6 nitrogen and oxygen atoms in total. The Balaban J connectivity index is 1.73. The highest BCUT2D eigenvalue weighted by atomic mass is 35.5. The molecule has 2 aromatic heterocycles. The molecule has 0 unspecified atom stereocenters. The summed E-state index contributed by atoms with van der Waals surface area (Å²) in [6.45, 7) is 2.67. The highest BCUT2D eigenvalue weighted by molar-refractivity contribution is 6.30. The monoisotopic (exact) mass is 302 g/mol. The van der Waals surface area contributed by atoms with Crippen molar-refractivity contribution in [2.24, 2.45) is 0 Å². The van der Waals surface area contributed by atoms with E-state index in [1.807, 2.05) is 30.5 Å². The Hall–Kier alpha value is -2.21. The van der Waals surface area contributed by atoms with E-state index in [9.17, 15) is 0 Å². The molecule has 0 N–H and O–H groups in total. The van der Waals surface area contributed by atoms with Crippen LogP contribution in [0.2, 0.25) is 5.02 Å². The number of nitrogens with zero attached hydrogens (tertiary/aromatic N) is 6. The van der Waals surface area contributed by atoms with Gasteiger partial charge in [0.1, 0.15) is 12.0 Å². The van der Waals surface area contributed by atoms with Crippen LogP contribution in [0.3, 0.4) is 0 Å². The molecule has 0 atom stereocenters. The van der Waals surface area contributed by atoms with Crippen molar-refractivity contribution in [3.8, 4) is 5.69 Å². The Morgan fingerprint density at radius 1 is 1.19 bits per heavy atom. The van der Waals surface area contributed by atoms with Crippen LogP contribution in [-0.4, -0.2) is 29.8 Å². The molecule has 7 heteroatoms. The van der Waals surface area contributed by atoms with Gasteiger partial charge in [0, 0.05) is 11.4 Å². The maximum absolute atomic E-state index is 5.88. The van der Waals surface area contributed by atoms with Crippen molar-refractivity contribution in [3.63, 3.8) is 0 Å². The van der Waals surface area contributed by atoms with Crippen molar-refractivity contribution >= 4 is 11.6 Å². The van der Waals surface area contributed by atoms with Crippen LogP contribution in [-0.2, 0) is 13.0 Å². The molecule has 0 saturated heterocycles. The van der Waals surface area contributed by atoms with Crippen molar-refractivity contribution in [1.29, 1.82) is 0 Å². The molecule has 0 aliphatic carbocycles. The number of benzene rings is 1. The van der Waals surface area contributed by atoms with Crippen molar-refractivity contribution in [2.75, 3.05) is 0 Å². The summed E-state index contributed by atoms with van der Waals surface area (Å²) in [5, 5.41) is 13.4. The van der Waals surface area contributed by atoms with Gasteiger partial charge in [0.15, 0.2) is 5.82 Å². The summed E-state index contributed by atoms with van der Waals surface area (Å²) < 4.78 is 3.50. The lowest BCUT2D eigenvalue weighted by Gasteiger charge is -1.99. The first kappa shape index (κ1) is 13.8. The van der Waals surface area contributed by atoms with Crippen LogP contribution < -0.4 is 0 Å². The van der Waals surface area contributed by atoms with Gasteiger partial charge in [-0.05, 0) is 30.7 Å². The minimum absolute atomic E-state index is 0.560. The lowest BCUT2D eigenvalue weighted by molar-refractivity contribution is 0.653. The van der Waals surface area contributed by atoms with Crippen LogP contribution in [0.5, 0.6) is 0 Å². The first-order chi connectivity index (χ1) is 10.2. The van der Waals surface area contributed by atoms with Gasteiger partial charge in [-0.3, -0.25) is 0 Å². The second kappa shape index (κ2) is 6.05. The predicted molar refractivity (Wildman–Crippen MR) is 79.5 cm³/mol. The van der Waals surface area contributed by atoms with Crippen LogP contribution in [0, 0.1) is 0 Å². The SMILES string of the molecule is CCCc1ncn(Cc2cn(-c3ccc(Cl)cc3)nn2)n1. The topological polar surface area (TPSA) is 61.4 Å². The third kappa shape index (κ3) is 3.28. The third-order valence-electron chi connectivity index (χ3n) is 3.01. The largest absolute Gasteiger partial charge is 0.247 e. The van der Waals surface area contributed by atoms with Crippen LogP contribution in [0.1, 0.15) is 24.9 Å². The van der Waals surface area contributed by atoms with Gasteiger partial charge in [0.05, 0.1) is 18.4 Å². The zero-order chi connectivity index (χ0) is 14.7. The van der Waals surface area contributed by atoms with E-state index in [2.05, 4.69) is 27.3 Å². The summed E-state index contributed by atoms with van der Waals surface area (Å²) in [5.41, 5.74) is 1.75. The Morgan fingerprint density at radius 2 is 2.00 bits per heavy atom. The summed E-state index contributed by atoms with van der Waals surface area (Å²) in [5.74, 6) is 0.864. The zero-order valence-electron chi connectivity index (χ0n) is 11.6. The van der Waals surface area contributed by atoms with Gasteiger partial charge < -0.3 is 0 Å². The molecule has 0 fully saturated rings. The molecular weight excluding hydrogens is 288 g/mol. The predicted octanol–water partition coefficient (Wildman–Crippen LogP) is 2.51. The van der Waals surface area contributed by atoms with E-state index in [1.165, 1.54) is 0 Å². The number of aryl methyl sites for hydroxylation is 1. The van der Waals surface area contributed by atoms with Gasteiger partial charge in [0.2, 0.25) is 0 Å². The van der Waals surface area contributed by atoms with Gasteiger partial charge >= 0.3 is 0 Å². The van der Waals surface area contributed by atoms with Gasteiger partial charge in [-0.2, -0.15) is 5.10 Å². The van der Waals surface area contributed by atoms with Gasteiger partial charge in [-0.25, -0.2) is 14.3 Å². The minimum atomic E-state index is 0.560. The highest BCUT2D eigenvalue weighted by Crippen LogP contribution is 2.12. The molecular formula is C14H15ClN6. The maximum atomic E-state index is 5.88. The molecule has 0 saturated carbocycles. The fraction of sp³-hybridized carbons (Fsp3) is 0.286. The van der Waals surface area contributed by atoms with E-state index >= 15 is 0 Å². The Bertz CT molecular complexity index is 715. The van der Waals surface area contributed by atoms with Crippen molar-refractivity contribution in [2.45, 2.75) is 26.3 Å². The second-order valence-electron chi connectivity index (χ2n) is 4.74. The summed E-state index contributed by atoms with van der Waals surface area (Å²) in [6, 6.07) is 7.45. The normalized spacial score (nSPS) is 11.0. The number of rotatable bonds is 5. The lowest BCUT2D eigenvalue weighted by Crippen LogP contribution is -2.01. The van der Waals surface area contributed by atoms with Crippen LogP contribution >= 0.6 is 11.6 Å². The van der Waals surface area contributed by atoms with Crippen LogP contribution in [0.25, 0.3) is 5.69 Å². The van der Waals surface area contributed by atoms with E-state index < -0.39 is 0 Å². The van der Waals surface area contributed by atoms with E-state index in [-0.39, 0.29) is 0 Å². The van der Waals surface area contributed by atoms with Gasteiger partial charge in [0.25, 0.3) is 0 Å². The minimum Gasteiger partial charge on any atom is -0.247 e. The van der Waals surface area contributed by atoms with Gasteiger partial charge in [-0.15, -0.1) is 5.10 Å². The number of halogens is 1. The summed E-state index contributed by atoms with van der Waals surface area (Å²) in [6.07, 6.45) is 5.54. The Morgan fingerprint density at radius 3 is 2.76 bits per heavy atom. The second-order valence-corrected chi connectivity index (χ2v) is 5.18.